The van der Waals surface area contributed by atoms with E-state index in [9.17, 15) is 0 Å². The predicted molar refractivity (Wildman–Crippen MR) is 130 cm³/mol. The lowest BCUT2D eigenvalue weighted by molar-refractivity contribution is 0.461. The van der Waals surface area contributed by atoms with Crippen molar-refractivity contribution >= 4 is 23.0 Å². The number of pyridine rings is 1. The van der Waals surface area contributed by atoms with E-state index in [1.54, 1.807) is 0 Å². The van der Waals surface area contributed by atoms with Gasteiger partial charge in [0.2, 0.25) is 0 Å². The van der Waals surface area contributed by atoms with Crippen molar-refractivity contribution in [3.8, 4) is 0 Å². The fraction of sp³-hybridized carbons (Fsp3) is 0.385. The highest BCUT2D eigenvalue weighted by atomic mass is 32.1. The van der Waals surface area contributed by atoms with Crippen LogP contribution >= 0.6 is 12.2 Å². The van der Waals surface area contributed by atoms with Gasteiger partial charge in [-0.1, -0.05) is 44.9 Å². The molecule has 1 saturated carbocycles. The Morgan fingerprint density at radius 1 is 1.00 bits per heavy atom. The third-order valence-corrected chi connectivity index (χ3v) is 7.08. The van der Waals surface area contributed by atoms with Crippen molar-refractivity contribution in [2.45, 2.75) is 63.6 Å². The summed E-state index contributed by atoms with van der Waals surface area (Å²) in [6, 6.07) is 20.1. The van der Waals surface area contributed by atoms with E-state index in [1.165, 1.54) is 36.9 Å². The molecule has 0 radical (unpaired) electrons. The maximum atomic E-state index is 5.89. The van der Waals surface area contributed by atoms with Crippen LogP contribution in [0, 0.1) is 0 Å². The highest BCUT2D eigenvalue weighted by molar-refractivity contribution is 7.80. The maximum Gasteiger partial charge on any atom is 0.174 e. The summed E-state index contributed by atoms with van der Waals surface area (Å²) >= 11 is 5.89. The Balaban J connectivity index is 1.59. The molecule has 1 saturated heterocycles. The lowest BCUT2D eigenvalue weighted by Gasteiger charge is -2.30. The highest BCUT2D eigenvalue weighted by Crippen LogP contribution is 2.43. The van der Waals surface area contributed by atoms with Crippen LogP contribution in [0.3, 0.4) is 0 Å². The molecule has 160 valence electrons. The second-order valence-corrected chi connectivity index (χ2v) is 9.41. The van der Waals surface area contributed by atoms with Gasteiger partial charge in [-0.25, -0.2) is 0 Å². The summed E-state index contributed by atoms with van der Waals surface area (Å²) in [5.41, 5.74) is 4.80. The summed E-state index contributed by atoms with van der Waals surface area (Å²) in [6.45, 7) is 4.46. The summed E-state index contributed by atoms with van der Waals surface area (Å²) in [5.74, 6) is 0.509. The van der Waals surface area contributed by atoms with E-state index in [0.29, 0.717) is 12.0 Å². The van der Waals surface area contributed by atoms with Gasteiger partial charge in [-0.15, -0.1) is 0 Å². The molecule has 5 heteroatoms. The molecule has 1 aliphatic carbocycles. The second-order valence-electron chi connectivity index (χ2n) is 9.02. The number of hydrogen-bond donors (Lipinski definition) is 1. The average molecular weight is 431 g/mol. The van der Waals surface area contributed by atoms with Gasteiger partial charge in [-0.3, -0.25) is 4.98 Å². The standard InChI is InChI=1S/C26H30N4S/c1-18(2)19-12-14-21(15-13-19)30-25(23-11-7-17-29(23)20-8-3-4-9-20)24(28-26(30)31)22-10-5-6-16-27-22/h5-7,10-18,20,24-25H,3-4,8-9H2,1-2H3,(H,28,31)/t24-,25+/m1/s1. The van der Waals surface area contributed by atoms with Crippen LogP contribution in [0.5, 0.6) is 0 Å². The Labute approximate surface area is 190 Å². The molecule has 2 fully saturated rings. The van der Waals surface area contributed by atoms with Crippen molar-refractivity contribution in [1.82, 2.24) is 14.9 Å². The van der Waals surface area contributed by atoms with Gasteiger partial charge in [-0.05, 0) is 72.9 Å². The number of benzene rings is 1. The number of hydrogen-bond acceptors (Lipinski definition) is 2. The summed E-state index contributed by atoms with van der Waals surface area (Å²) < 4.78 is 2.50. The van der Waals surface area contributed by atoms with Gasteiger partial charge in [0.1, 0.15) is 6.04 Å². The molecule has 0 unspecified atom stereocenters. The summed E-state index contributed by atoms with van der Waals surface area (Å²) in [7, 11) is 0. The molecule has 2 aromatic heterocycles. The monoisotopic (exact) mass is 430 g/mol. The fourth-order valence-corrected chi connectivity index (χ4v) is 5.47. The normalized spacial score (nSPS) is 21.8. The molecule has 1 aromatic carbocycles. The summed E-state index contributed by atoms with van der Waals surface area (Å²) in [4.78, 5) is 6.98. The molecule has 1 aliphatic heterocycles. The molecule has 0 spiro atoms. The van der Waals surface area contributed by atoms with Crippen LogP contribution in [0.25, 0.3) is 0 Å². The van der Waals surface area contributed by atoms with Gasteiger partial charge < -0.3 is 14.8 Å². The quantitative estimate of drug-likeness (QED) is 0.482. The van der Waals surface area contributed by atoms with Crippen LogP contribution in [-0.4, -0.2) is 14.7 Å². The Kier molecular flexibility index (Phi) is 5.53. The number of thiocarbonyl (C=S) groups is 1. The first-order chi connectivity index (χ1) is 15.1. The van der Waals surface area contributed by atoms with Crippen molar-refractivity contribution in [3.05, 3.63) is 83.9 Å². The van der Waals surface area contributed by atoms with Crippen molar-refractivity contribution in [1.29, 1.82) is 0 Å². The van der Waals surface area contributed by atoms with Crippen LogP contribution in [0.15, 0.2) is 67.0 Å². The van der Waals surface area contributed by atoms with E-state index in [0.717, 1.165) is 16.5 Å². The Hall–Kier alpha value is -2.66. The molecule has 0 bridgehead atoms. The van der Waals surface area contributed by atoms with Gasteiger partial charge in [0.15, 0.2) is 5.11 Å². The number of nitrogens with zero attached hydrogens (tertiary/aromatic N) is 3. The number of nitrogens with one attached hydrogen (secondary N) is 1. The van der Waals surface area contributed by atoms with Gasteiger partial charge in [-0.2, -0.15) is 0 Å². The number of rotatable bonds is 5. The minimum atomic E-state index is 0.00790. The van der Waals surface area contributed by atoms with Crippen molar-refractivity contribution in [2.75, 3.05) is 4.90 Å². The smallest absolute Gasteiger partial charge is 0.174 e. The average Bonchev–Trinajstić information content (AvgIpc) is 3.53. The predicted octanol–water partition coefficient (Wildman–Crippen LogP) is 6.30. The van der Waals surface area contributed by atoms with Gasteiger partial charge in [0.25, 0.3) is 0 Å². The van der Waals surface area contributed by atoms with Crippen LogP contribution in [0.1, 0.15) is 80.5 Å². The lowest BCUT2D eigenvalue weighted by atomic mass is 9.99. The van der Waals surface area contributed by atoms with Gasteiger partial charge >= 0.3 is 0 Å². The first-order valence-electron chi connectivity index (χ1n) is 11.4. The zero-order valence-corrected chi connectivity index (χ0v) is 19.1. The van der Waals surface area contributed by atoms with E-state index in [2.05, 4.69) is 88.3 Å². The van der Waals surface area contributed by atoms with E-state index >= 15 is 0 Å². The highest BCUT2D eigenvalue weighted by Gasteiger charge is 2.42. The molecule has 31 heavy (non-hydrogen) atoms. The zero-order valence-electron chi connectivity index (χ0n) is 18.2. The van der Waals surface area contributed by atoms with E-state index < -0.39 is 0 Å². The fourth-order valence-electron chi connectivity index (χ4n) is 5.13. The molecule has 2 aliphatic rings. The SMILES string of the molecule is CC(C)c1ccc(N2C(=S)N[C@H](c3ccccn3)[C@@H]2c2cccn2C2CCCC2)cc1. The van der Waals surface area contributed by atoms with Gasteiger partial charge in [0, 0.05) is 29.8 Å². The van der Waals surface area contributed by atoms with Crippen LogP contribution in [-0.2, 0) is 0 Å². The van der Waals surface area contributed by atoms with Gasteiger partial charge in [0.05, 0.1) is 11.7 Å². The molecular formula is C26H30N4S. The first kappa shape index (κ1) is 20.3. The van der Waals surface area contributed by atoms with Crippen molar-refractivity contribution in [2.24, 2.45) is 0 Å². The number of anilines is 1. The molecule has 2 atom stereocenters. The van der Waals surface area contributed by atoms with Crippen LogP contribution in [0.4, 0.5) is 5.69 Å². The first-order valence-corrected chi connectivity index (χ1v) is 11.8. The Morgan fingerprint density at radius 3 is 2.45 bits per heavy atom. The van der Waals surface area contributed by atoms with Crippen molar-refractivity contribution in [3.63, 3.8) is 0 Å². The molecule has 3 heterocycles. The van der Waals surface area contributed by atoms with Crippen LogP contribution < -0.4 is 10.2 Å². The lowest BCUT2D eigenvalue weighted by Crippen LogP contribution is -2.30. The maximum absolute atomic E-state index is 5.89. The third kappa shape index (κ3) is 3.76. The van der Waals surface area contributed by atoms with E-state index in [-0.39, 0.29) is 12.1 Å². The molecule has 0 amide bonds. The molecule has 5 rings (SSSR count). The largest absolute Gasteiger partial charge is 0.351 e. The van der Waals surface area contributed by atoms with Crippen molar-refractivity contribution < 1.29 is 0 Å². The minimum Gasteiger partial charge on any atom is -0.351 e. The summed E-state index contributed by atoms with van der Waals surface area (Å²) in [5, 5.41) is 4.36. The third-order valence-electron chi connectivity index (χ3n) is 6.77. The Bertz CT molecular complexity index is 1030. The topological polar surface area (TPSA) is 33.1 Å². The van der Waals surface area contributed by atoms with Crippen LogP contribution in [0.2, 0.25) is 0 Å². The molecule has 1 N–H and O–H groups in total. The zero-order chi connectivity index (χ0) is 21.4. The molecular weight excluding hydrogens is 400 g/mol. The second kappa shape index (κ2) is 8.46. The van der Waals surface area contributed by atoms with E-state index in [4.69, 9.17) is 12.2 Å². The number of aromatic nitrogens is 2. The Morgan fingerprint density at radius 2 is 1.77 bits per heavy atom. The molecule has 3 aromatic rings. The summed E-state index contributed by atoms with van der Waals surface area (Å²) in [6.07, 6.45) is 9.25. The van der Waals surface area contributed by atoms with E-state index in [1.807, 2.05) is 12.3 Å². The minimum absolute atomic E-state index is 0.00790. The molecule has 4 nitrogen and oxygen atoms in total.